The molecule has 0 fully saturated rings. The van der Waals surface area contributed by atoms with Gasteiger partial charge < -0.3 is 9.47 Å². The van der Waals surface area contributed by atoms with Gasteiger partial charge in [-0.2, -0.15) is 0 Å². The van der Waals surface area contributed by atoms with Gasteiger partial charge in [0.2, 0.25) is 5.78 Å². The third-order valence-corrected chi connectivity index (χ3v) is 3.41. The fraction of sp³-hybridized carbons (Fsp3) is 0.0625. The van der Waals surface area contributed by atoms with Crippen LogP contribution in [0.1, 0.15) is 15.9 Å². The molecule has 0 spiro atoms. The normalized spacial score (nSPS) is 15.1. The van der Waals surface area contributed by atoms with Gasteiger partial charge in [-0.15, -0.1) is 0 Å². The third kappa shape index (κ3) is 2.17. The first-order valence-electron chi connectivity index (χ1n) is 6.06. The molecule has 4 heteroatoms. The number of Topliss-reactive ketones (excluding diaryl/α,β-unsaturated/α-hetero) is 1. The maximum absolute atomic E-state index is 12.3. The van der Waals surface area contributed by atoms with Crippen molar-refractivity contribution in [2.24, 2.45) is 0 Å². The van der Waals surface area contributed by atoms with E-state index in [1.807, 2.05) is 18.2 Å². The van der Waals surface area contributed by atoms with Gasteiger partial charge in [0.05, 0.1) is 12.7 Å². The highest BCUT2D eigenvalue weighted by Crippen LogP contribution is 2.34. The Balaban J connectivity index is 2.00. The van der Waals surface area contributed by atoms with Crippen LogP contribution in [0.5, 0.6) is 11.5 Å². The molecule has 0 bridgehead atoms. The highest BCUT2D eigenvalue weighted by molar-refractivity contribution is 6.32. The van der Waals surface area contributed by atoms with Crippen LogP contribution >= 0.6 is 11.6 Å². The predicted octanol–water partition coefficient (Wildman–Crippen LogP) is 3.96. The monoisotopic (exact) mass is 286 g/mol. The van der Waals surface area contributed by atoms with E-state index < -0.39 is 0 Å². The summed E-state index contributed by atoms with van der Waals surface area (Å²) in [6.07, 6.45) is 1.65. The van der Waals surface area contributed by atoms with Crippen molar-refractivity contribution in [2.75, 3.05) is 7.11 Å². The zero-order chi connectivity index (χ0) is 14.1. The maximum atomic E-state index is 12.3. The Bertz CT molecular complexity index is 719. The molecule has 0 aromatic heterocycles. The molecule has 1 aliphatic heterocycles. The molecule has 2 aromatic rings. The largest absolute Gasteiger partial charge is 0.497 e. The lowest BCUT2D eigenvalue weighted by atomic mass is 10.1. The van der Waals surface area contributed by atoms with Crippen molar-refractivity contribution >= 4 is 23.5 Å². The maximum Gasteiger partial charge on any atom is 0.232 e. The third-order valence-electron chi connectivity index (χ3n) is 3.07. The number of rotatable bonds is 2. The average molecular weight is 287 g/mol. The molecule has 0 saturated carbocycles. The molecular weight excluding hydrogens is 276 g/mol. The smallest absolute Gasteiger partial charge is 0.232 e. The van der Waals surface area contributed by atoms with Crippen LogP contribution in [0.2, 0.25) is 5.02 Å². The minimum atomic E-state index is -0.168. The Morgan fingerprint density at radius 3 is 2.75 bits per heavy atom. The Labute approximate surface area is 121 Å². The topological polar surface area (TPSA) is 35.5 Å². The van der Waals surface area contributed by atoms with Crippen molar-refractivity contribution in [3.63, 3.8) is 0 Å². The van der Waals surface area contributed by atoms with Gasteiger partial charge >= 0.3 is 0 Å². The zero-order valence-electron chi connectivity index (χ0n) is 10.7. The molecule has 0 N–H and O–H groups in total. The number of carbonyl (C=O) groups is 1. The molecule has 2 aromatic carbocycles. The number of ether oxygens (including phenoxy) is 2. The van der Waals surface area contributed by atoms with Crippen molar-refractivity contribution in [1.82, 2.24) is 0 Å². The summed E-state index contributed by atoms with van der Waals surface area (Å²) < 4.78 is 10.7. The number of hydrogen-bond donors (Lipinski definition) is 0. The molecule has 0 amide bonds. The van der Waals surface area contributed by atoms with Crippen LogP contribution < -0.4 is 9.47 Å². The Morgan fingerprint density at radius 2 is 2.00 bits per heavy atom. The summed E-state index contributed by atoms with van der Waals surface area (Å²) in [4.78, 5) is 12.3. The number of allylic oxidation sites excluding steroid dienone is 1. The van der Waals surface area contributed by atoms with Gasteiger partial charge in [-0.05, 0) is 35.9 Å². The molecule has 20 heavy (non-hydrogen) atoms. The number of methoxy groups -OCH3 is 1. The van der Waals surface area contributed by atoms with E-state index in [2.05, 4.69) is 0 Å². The first-order chi connectivity index (χ1) is 9.69. The fourth-order valence-electron chi connectivity index (χ4n) is 2.03. The first kappa shape index (κ1) is 12.8. The van der Waals surface area contributed by atoms with E-state index in [1.54, 1.807) is 37.5 Å². The van der Waals surface area contributed by atoms with E-state index in [-0.39, 0.29) is 11.5 Å². The van der Waals surface area contributed by atoms with Crippen molar-refractivity contribution in [2.45, 2.75) is 0 Å². The lowest BCUT2D eigenvalue weighted by molar-refractivity contribution is 0.101. The second kappa shape index (κ2) is 5.02. The number of fused-ring (bicyclic) bond motifs is 1. The Morgan fingerprint density at radius 1 is 1.20 bits per heavy atom. The molecule has 1 heterocycles. The number of ketones is 1. The van der Waals surface area contributed by atoms with Crippen LogP contribution in [0.3, 0.4) is 0 Å². The average Bonchev–Trinajstić information content (AvgIpc) is 2.77. The number of carbonyl (C=O) groups excluding carboxylic acids is 1. The summed E-state index contributed by atoms with van der Waals surface area (Å²) in [6.45, 7) is 0. The van der Waals surface area contributed by atoms with Gasteiger partial charge in [0.25, 0.3) is 0 Å². The van der Waals surface area contributed by atoms with E-state index >= 15 is 0 Å². The molecule has 3 rings (SSSR count). The summed E-state index contributed by atoms with van der Waals surface area (Å²) in [6, 6.07) is 12.4. The molecule has 0 atom stereocenters. The second-order valence-electron chi connectivity index (χ2n) is 4.32. The molecule has 0 saturated heterocycles. The van der Waals surface area contributed by atoms with E-state index in [4.69, 9.17) is 21.1 Å². The number of halogens is 1. The highest BCUT2D eigenvalue weighted by Gasteiger charge is 2.27. The van der Waals surface area contributed by atoms with Gasteiger partial charge in [-0.25, -0.2) is 0 Å². The van der Waals surface area contributed by atoms with Gasteiger partial charge in [-0.1, -0.05) is 29.8 Å². The van der Waals surface area contributed by atoms with Gasteiger partial charge in [0.1, 0.15) is 11.5 Å². The van der Waals surface area contributed by atoms with E-state index in [0.717, 1.165) is 5.56 Å². The van der Waals surface area contributed by atoms with E-state index in [1.165, 1.54) is 0 Å². The van der Waals surface area contributed by atoms with Crippen molar-refractivity contribution in [1.29, 1.82) is 0 Å². The zero-order valence-corrected chi connectivity index (χ0v) is 11.5. The van der Waals surface area contributed by atoms with Crippen LogP contribution in [-0.4, -0.2) is 12.9 Å². The summed E-state index contributed by atoms with van der Waals surface area (Å²) >= 11 is 6.08. The lowest BCUT2D eigenvalue weighted by Crippen LogP contribution is -1.98. The minimum Gasteiger partial charge on any atom is -0.497 e. The molecule has 100 valence electrons. The Hall–Kier alpha value is -2.26. The summed E-state index contributed by atoms with van der Waals surface area (Å²) in [5, 5.41) is 0.574. The van der Waals surface area contributed by atoms with Gasteiger partial charge in [-0.3, -0.25) is 4.79 Å². The standard InChI is InChI=1S/C16H11ClO3/c1-19-11-6-7-14-12(9-11)16(18)15(20-14)8-10-4-2-3-5-13(10)17/h2-9H,1H3/b15-8+. The predicted molar refractivity (Wildman–Crippen MR) is 77.4 cm³/mol. The first-order valence-corrected chi connectivity index (χ1v) is 6.43. The van der Waals surface area contributed by atoms with Crippen LogP contribution in [0.15, 0.2) is 48.2 Å². The summed E-state index contributed by atoms with van der Waals surface area (Å²) in [5.41, 5.74) is 1.25. The van der Waals surface area contributed by atoms with Crippen LogP contribution in [-0.2, 0) is 0 Å². The molecule has 3 nitrogen and oxygen atoms in total. The van der Waals surface area contributed by atoms with Crippen LogP contribution in [0.25, 0.3) is 6.08 Å². The summed E-state index contributed by atoms with van der Waals surface area (Å²) in [5.74, 6) is 1.26. The number of hydrogen-bond acceptors (Lipinski definition) is 3. The fourth-order valence-corrected chi connectivity index (χ4v) is 2.22. The van der Waals surface area contributed by atoms with Gasteiger partial charge in [0, 0.05) is 5.02 Å². The minimum absolute atomic E-state index is 0.168. The second-order valence-corrected chi connectivity index (χ2v) is 4.73. The molecular formula is C16H11ClO3. The Kier molecular flexibility index (Phi) is 3.20. The molecule has 0 unspecified atom stereocenters. The van der Waals surface area contributed by atoms with Gasteiger partial charge in [0.15, 0.2) is 5.76 Å². The van der Waals surface area contributed by atoms with E-state index in [0.29, 0.717) is 22.1 Å². The summed E-state index contributed by atoms with van der Waals surface area (Å²) in [7, 11) is 1.56. The quantitative estimate of drug-likeness (QED) is 0.784. The molecule has 0 aliphatic carbocycles. The van der Waals surface area contributed by atoms with Crippen LogP contribution in [0, 0.1) is 0 Å². The number of benzene rings is 2. The van der Waals surface area contributed by atoms with E-state index in [9.17, 15) is 4.79 Å². The molecule has 1 aliphatic rings. The highest BCUT2D eigenvalue weighted by atomic mass is 35.5. The van der Waals surface area contributed by atoms with Crippen molar-refractivity contribution < 1.29 is 14.3 Å². The van der Waals surface area contributed by atoms with Crippen LogP contribution in [0.4, 0.5) is 0 Å². The lowest BCUT2D eigenvalue weighted by Gasteiger charge is -2.01. The SMILES string of the molecule is COc1ccc2c(c1)C(=O)/C(=C\c1ccccc1Cl)O2. The molecule has 0 radical (unpaired) electrons. The van der Waals surface area contributed by atoms with Crippen molar-refractivity contribution in [3.05, 3.63) is 64.4 Å². The van der Waals surface area contributed by atoms with Crippen molar-refractivity contribution in [3.8, 4) is 11.5 Å².